The first-order valence-corrected chi connectivity index (χ1v) is 8.54. The van der Waals surface area contributed by atoms with Crippen molar-refractivity contribution >= 4 is 23.2 Å². The van der Waals surface area contributed by atoms with Crippen LogP contribution in [0.15, 0.2) is 30.5 Å². The first-order valence-electron chi connectivity index (χ1n) is 8.16. The Morgan fingerprint density at radius 3 is 3.00 bits per heavy atom. The number of nitriles is 1. The molecule has 130 valence electrons. The molecule has 6 nitrogen and oxygen atoms in total. The third kappa shape index (κ3) is 3.94. The number of hydrogen-bond donors (Lipinski definition) is 0. The zero-order valence-corrected chi connectivity index (χ0v) is 15.1. The third-order valence-corrected chi connectivity index (χ3v) is 4.68. The van der Waals surface area contributed by atoms with Gasteiger partial charge in [0, 0.05) is 49.2 Å². The van der Waals surface area contributed by atoms with Gasteiger partial charge in [-0.3, -0.25) is 0 Å². The van der Waals surface area contributed by atoms with Gasteiger partial charge in [-0.2, -0.15) is 10.2 Å². The van der Waals surface area contributed by atoms with Crippen LogP contribution in [0.5, 0.6) is 5.88 Å². The number of methoxy groups -OCH3 is 1. The molecule has 1 atom stereocenters. The van der Waals surface area contributed by atoms with Crippen LogP contribution in [0.4, 0.5) is 11.6 Å². The van der Waals surface area contributed by atoms with Crippen molar-refractivity contribution in [3.8, 4) is 11.9 Å². The van der Waals surface area contributed by atoms with E-state index in [1.807, 2.05) is 19.2 Å². The van der Waals surface area contributed by atoms with Crippen molar-refractivity contribution in [3.05, 3.63) is 41.0 Å². The summed E-state index contributed by atoms with van der Waals surface area (Å²) >= 11 is 6.15. The van der Waals surface area contributed by atoms with E-state index in [0.29, 0.717) is 22.4 Å². The smallest absolute Gasteiger partial charge is 0.228 e. The fourth-order valence-corrected chi connectivity index (χ4v) is 3.34. The molecule has 2 heterocycles. The van der Waals surface area contributed by atoms with Crippen LogP contribution in [0.2, 0.25) is 5.02 Å². The van der Waals surface area contributed by atoms with Crippen LogP contribution in [0.25, 0.3) is 0 Å². The molecule has 0 saturated carbocycles. The first-order chi connectivity index (χ1) is 12.1. The molecule has 0 spiro atoms. The van der Waals surface area contributed by atoms with Gasteiger partial charge in [-0.25, -0.2) is 4.98 Å². The molecule has 1 aromatic carbocycles. The molecule has 2 aromatic rings. The molecule has 7 heteroatoms. The Balaban J connectivity index is 1.79. The highest BCUT2D eigenvalue weighted by Crippen LogP contribution is 2.27. The normalized spacial score (nSPS) is 17.0. The van der Waals surface area contributed by atoms with E-state index in [4.69, 9.17) is 21.6 Å². The SMILES string of the molecule is COc1ccnc(N(C)C2CCCN(c3cc(Cl)cc(C#N)c3)C2)n1. The number of ether oxygens (including phenoxy) is 1. The topological polar surface area (TPSA) is 65.3 Å². The van der Waals surface area contributed by atoms with Gasteiger partial charge in [0.1, 0.15) is 0 Å². The van der Waals surface area contributed by atoms with Crippen molar-refractivity contribution in [1.82, 2.24) is 9.97 Å². The van der Waals surface area contributed by atoms with E-state index in [2.05, 4.69) is 25.8 Å². The lowest BCUT2D eigenvalue weighted by Gasteiger charge is -2.39. The summed E-state index contributed by atoms with van der Waals surface area (Å²) in [5.41, 5.74) is 1.56. The molecular weight excluding hydrogens is 338 g/mol. The van der Waals surface area contributed by atoms with Crippen LogP contribution in [0.3, 0.4) is 0 Å². The monoisotopic (exact) mass is 357 g/mol. The van der Waals surface area contributed by atoms with Gasteiger partial charge in [0.15, 0.2) is 0 Å². The second-order valence-electron chi connectivity index (χ2n) is 6.06. The standard InChI is InChI=1S/C18H20ClN5O/c1-23(18-21-6-5-17(22-18)25-2)15-4-3-7-24(12-15)16-9-13(11-20)8-14(19)10-16/h5-6,8-10,15H,3-4,7,12H2,1-2H3. The quantitative estimate of drug-likeness (QED) is 0.837. The summed E-state index contributed by atoms with van der Waals surface area (Å²) in [6, 6.07) is 9.65. The van der Waals surface area contributed by atoms with Crippen LogP contribution in [0, 0.1) is 11.3 Å². The van der Waals surface area contributed by atoms with Crippen molar-refractivity contribution in [2.45, 2.75) is 18.9 Å². The first kappa shape index (κ1) is 17.3. The average Bonchev–Trinajstić information content (AvgIpc) is 2.67. The summed E-state index contributed by atoms with van der Waals surface area (Å²) in [5.74, 6) is 1.20. The minimum atomic E-state index is 0.269. The molecule has 0 amide bonds. The minimum absolute atomic E-state index is 0.269. The van der Waals surface area contributed by atoms with Crippen molar-refractivity contribution in [3.63, 3.8) is 0 Å². The second kappa shape index (κ2) is 7.58. The van der Waals surface area contributed by atoms with Crippen LogP contribution in [-0.4, -0.2) is 43.3 Å². The molecule has 1 aromatic heterocycles. The lowest BCUT2D eigenvalue weighted by atomic mass is 10.0. The van der Waals surface area contributed by atoms with E-state index in [1.165, 1.54) is 0 Å². The summed E-state index contributed by atoms with van der Waals surface area (Å²) in [4.78, 5) is 13.1. The molecular formula is C18H20ClN5O. The van der Waals surface area contributed by atoms with Crippen LogP contribution >= 0.6 is 11.6 Å². The molecule has 0 N–H and O–H groups in total. The van der Waals surface area contributed by atoms with Crippen LogP contribution in [-0.2, 0) is 0 Å². The fraction of sp³-hybridized carbons (Fsp3) is 0.389. The van der Waals surface area contributed by atoms with Gasteiger partial charge >= 0.3 is 0 Å². The number of benzene rings is 1. The van der Waals surface area contributed by atoms with Crippen molar-refractivity contribution < 1.29 is 4.74 Å². The van der Waals surface area contributed by atoms with Gasteiger partial charge in [0.05, 0.1) is 18.7 Å². The largest absolute Gasteiger partial charge is 0.481 e. The third-order valence-electron chi connectivity index (χ3n) is 4.46. The average molecular weight is 358 g/mol. The van der Waals surface area contributed by atoms with Crippen LogP contribution in [0.1, 0.15) is 18.4 Å². The molecule has 1 aliphatic heterocycles. The summed E-state index contributed by atoms with van der Waals surface area (Å²) in [6.07, 6.45) is 3.81. The van der Waals surface area contributed by atoms with Crippen molar-refractivity contribution in [2.75, 3.05) is 37.0 Å². The molecule has 3 rings (SSSR count). The molecule has 0 bridgehead atoms. The lowest BCUT2D eigenvalue weighted by Crippen LogP contribution is -2.47. The molecule has 1 unspecified atom stereocenters. The number of rotatable bonds is 4. The molecule has 1 fully saturated rings. The van der Waals surface area contributed by atoms with Crippen LogP contribution < -0.4 is 14.5 Å². The number of halogens is 1. The van der Waals surface area contributed by atoms with E-state index in [-0.39, 0.29) is 6.04 Å². The van der Waals surface area contributed by atoms with E-state index in [0.717, 1.165) is 31.6 Å². The van der Waals surface area contributed by atoms with Gasteiger partial charge in [0.25, 0.3) is 0 Å². The highest BCUT2D eigenvalue weighted by molar-refractivity contribution is 6.31. The molecule has 0 aliphatic carbocycles. The predicted octanol–water partition coefficient (Wildman–Crippen LogP) is 3.12. The number of anilines is 2. The van der Waals surface area contributed by atoms with Gasteiger partial charge in [-0.05, 0) is 31.0 Å². The Morgan fingerprint density at radius 2 is 2.24 bits per heavy atom. The highest BCUT2D eigenvalue weighted by Gasteiger charge is 2.25. The maximum Gasteiger partial charge on any atom is 0.228 e. The van der Waals surface area contributed by atoms with Gasteiger partial charge in [-0.15, -0.1) is 0 Å². The summed E-state index contributed by atoms with van der Waals surface area (Å²) in [7, 11) is 3.60. The van der Waals surface area contributed by atoms with E-state index in [9.17, 15) is 0 Å². The summed E-state index contributed by atoms with van der Waals surface area (Å²) in [5, 5.41) is 9.74. The summed E-state index contributed by atoms with van der Waals surface area (Å²) in [6.45, 7) is 1.76. The van der Waals surface area contributed by atoms with Crippen molar-refractivity contribution in [1.29, 1.82) is 5.26 Å². The number of nitrogens with zero attached hydrogens (tertiary/aromatic N) is 5. The van der Waals surface area contributed by atoms with E-state index < -0.39 is 0 Å². The van der Waals surface area contributed by atoms with Gasteiger partial charge in [0.2, 0.25) is 11.8 Å². The maximum absolute atomic E-state index is 9.16. The highest BCUT2D eigenvalue weighted by atomic mass is 35.5. The lowest BCUT2D eigenvalue weighted by molar-refractivity contribution is 0.395. The number of aromatic nitrogens is 2. The van der Waals surface area contributed by atoms with Crippen molar-refractivity contribution in [2.24, 2.45) is 0 Å². The Morgan fingerprint density at radius 1 is 1.40 bits per heavy atom. The second-order valence-corrected chi connectivity index (χ2v) is 6.50. The Kier molecular flexibility index (Phi) is 5.25. The Labute approximate surface area is 152 Å². The fourth-order valence-electron chi connectivity index (χ4n) is 3.11. The van der Waals surface area contributed by atoms with E-state index in [1.54, 1.807) is 25.4 Å². The molecule has 25 heavy (non-hydrogen) atoms. The van der Waals surface area contributed by atoms with E-state index >= 15 is 0 Å². The van der Waals surface area contributed by atoms with Gasteiger partial charge in [-0.1, -0.05) is 11.6 Å². The Hall–Kier alpha value is -2.52. The number of hydrogen-bond acceptors (Lipinski definition) is 6. The number of likely N-dealkylation sites (N-methyl/N-ethyl adjacent to an activating group) is 1. The molecule has 1 saturated heterocycles. The summed E-state index contributed by atoms with van der Waals surface area (Å²) < 4.78 is 5.19. The zero-order valence-electron chi connectivity index (χ0n) is 14.3. The number of piperidine rings is 1. The van der Waals surface area contributed by atoms with Gasteiger partial charge < -0.3 is 14.5 Å². The Bertz CT molecular complexity index is 791. The minimum Gasteiger partial charge on any atom is -0.481 e. The molecule has 1 aliphatic rings. The zero-order chi connectivity index (χ0) is 17.8. The predicted molar refractivity (Wildman–Crippen MR) is 98.4 cm³/mol. The molecule has 0 radical (unpaired) electrons. The maximum atomic E-state index is 9.16.